The summed E-state index contributed by atoms with van der Waals surface area (Å²) in [7, 11) is 0. The Morgan fingerprint density at radius 2 is 2.25 bits per heavy atom. The SMILES string of the molecule is CC(C)CNC(=O)N1CC2(CCCNC2)C1. The number of hydrogen-bond donors (Lipinski definition) is 2. The molecule has 0 unspecified atom stereocenters. The summed E-state index contributed by atoms with van der Waals surface area (Å²) < 4.78 is 0. The van der Waals surface area contributed by atoms with E-state index in [1.165, 1.54) is 12.8 Å². The van der Waals surface area contributed by atoms with E-state index >= 15 is 0 Å². The molecule has 2 rings (SSSR count). The van der Waals surface area contributed by atoms with Crippen LogP contribution in [0.2, 0.25) is 0 Å². The average Bonchev–Trinajstić information content (AvgIpc) is 2.23. The molecule has 16 heavy (non-hydrogen) atoms. The fourth-order valence-electron chi connectivity index (χ4n) is 2.61. The van der Waals surface area contributed by atoms with Crippen molar-refractivity contribution in [3.05, 3.63) is 0 Å². The molecule has 0 saturated carbocycles. The van der Waals surface area contributed by atoms with Crippen molar-refractivity contribution in [1.82, 2.24) is 15.5 Å². The minimum atomic E-state index is 0.116. The highest BCUT2D eigenvalue weighted by Crippen LogP contribution is 2.36. The van der Waals surface area contributed by atoms with Crippen molar-refractivity contribution in [2.45, 2.75) is 26.7 Å². The molecule has 4 nitrogen and oxygen atoms in total. The fraction of sp³-hybridized carbons (Fsp3) is 0.917. The Morgan fingerprint density at radius 3 is 2.81 bits per heavy atom. The third-order valence-corrected chi connectivity index (χ3v) is 3.56. The molecule has 2 heterocycles. The third-order valence-electron chi connectivity index (χ3n) is 3.56. The number of urea groups is 1. The molecule has 0 aromatic carbocycles. The molecule has 2 fully saturated rings. The molecule has 92 valence electrons. The lowest BCUT2D eigenvalue weighted by atomic mass is 9.74. The predicted molar refractivity (Wildman–Crippen MR) is 64.3 cm³/mol. The van der Waals surface area contributed by atoms with Crippen molar-refractivity contribution < 1.29 is 4.79 Å². The van der Waals surface area contributed by atoms with E-state index in [0.717, 1.165) is 32.7 Å². The van der Waals surface area contributed by atoms with Gasteiger partial charge in [-0.1, -0.05) is 13.8 Å². The number of carbonyl (C=O) groups excluding carboxylic acids is 1. The van der Waals surface area contributed by atoms with Gasteiger partial charge in [0, 0.05) is 31.6 Å². The summed E-state index contributed by atoms with van der Waals surface area (Å²) in [6.07, 6.45) is 2.52. The van der Waals surface area contributed by atoms with Crippen LogP contribution in [-0.4, -0.2) is 43.7 Å². The summed E-state index contributed by atoms with van der Waals surface area (Å²) in [6, 6.07) is 0.116. The molecule has 0 atom stereocenters. The molecular formula is C12H23N3O. The van der Waals surface area contributed by atoms with E-state index in [2.05, 4.69) is 24.5 Å². The molecular weight excluding hydrogens is 202 g/mol. The van der Waals surface area contributed by atoms with Crippen LogP contribution in [0.4, 0.5) is 4.79 Å². The Hall–Kier alpha value is -0.770. The molecule has 0 bridgehead atoms. The van der Waals surface area contributed by atoms with Gasteiger partial charge in [-0.25, -0.2) is 4.79 Å². The summed E-state index contributed by atoms with van der Waals surface area (Å²) in [5, 5.41) is 6.40. The first-order chi connectivity index (χ1) is 7.61. The number of hydrogen-bond acceptors (Lipinski definition) is 2. The highest BCUT2D eigenvalue weighted by Gasteiger charge is 2.45. The maximum Gasteiger partial charge on any atom is 0.317 e. The quantitative estimate of drug-likeness (QED) is 0.737. The van der Waals surface area contributed by atoms with Gasteiger partial charge in [0.1, 0.15) is 0 Å². The molecule has 0 aliphatic carbocycles. The lowest BCUT2D eigenvalue weighted by molar-refractivity contribution is 0.0116. The highest BCUT2D eigenvalue weighted by atomic mass is 16.2. The summed E-state index contributed by atoms with van der Waals surface area (Å²) >= 11 is 0. The summed E-state index contributed by atoms with van der Waals surface area (Å²) in [6.45, 7) is 9.10. The minimum absolute atomic E-state index is 0.116. The van der Waals surface area contributed by atoms with Gasteiger partial charge in [-0.05, 0) is 25.3 Å². The molecule has 2 saturated heterocycles. The van der Waals surface area contributed by atoms with Crippen molar-refractivity contribution >= 4 is 6.03 Å². The number of nitrogens with zero attached hydrogens (tertiary/aromatic N) is 1. The fourth-order valence-corrected chi connectivity index (χ4v) is 2.61. The number of amides is 2. The van der Waals surface area contributed by atoms with Crippen LogP contribution in [0.25, 0.3) is 0 Å². The zero-order chi connectivity index (χ0) is 11.6. The van der Waals surface area contributed by atoms with Crippen LogP contribution >= 0.6 is 0 Å². The molecule has 0 radical (unpaired) electrons. The Bertz CT molecular complexity index is 251. The van der Waals surface area contributed by atoms with E-state index in [0.29, 0.717) is 11.3 Å². The molecule has 0 aromatic rings. The van der Waals surface area contributed by atoms with Gasteiger partial charge in [-0.15, -0.1) is 0 Å². The first-order valence-electron chi connectivity index (χ1n) is 6.35. The maximum absolute atomic E-state index is 11.8. The van der Waals surface area contributed by atoms with Crippen LogP contribution in [0, 0.1) is 11.3 Å². The van der Waals surface area contributed by atoms with Gasteiger partial charge >= 0.3 is 6.03 Å². The molecule has 2 N–H and O–H groups in total. The van der Waals surface area contributed by atoms with Crippen molar-refractivity contribution in [2.75, 3.05) is 32.7 Å². The largest absolute Gasteiger partial charge is 0.338 e. The summed E-state index contributed by atoms with van der Waals surface area (Å²) in [4.78, 5) is 13.7. The second-order valence-corrected chi connectivity index (χ2v) is 5.72. The second-order valence-electron chi connectivity index (χ2n) is 5.72. The lowest BCUT2D eigenvalue weighted by Gasteiger charge is -2.52. The van der Waals surface area contributed by atoms with E-state index < -0.39 is 0 Å². The number of piperidine rings is 1. The molecule has 0 aromatic heterocycles. The number of rotatable bonds is 2. The van der Waals surface area contributed by atoms with Crippen molar-refractivity contribution in [2.24, 2.45) is 11.3 Å². The first-order valence-corrected chi connectivity index (χ1v) is 6.35. The topological polar surface area (TPSA) is 44.4 Å². The summed E-state index contributed by atoms with van der Waals surface area (Å²) in [5.41, 5.74) is 0.396. The predicted octanol–water partition coefficient (Wildman–Crippen LogP) is 1.04. The van der Waals surface area contributed by atoms with Gasteiger partial charge in [-0.3, -0.25) is 0 Å². The highest BCUT2D eigenvalue weighted by molar-refractivity contribution is 5.75. The molecule has 1 spiro atoms. The van der Waals surface area contributed by atoms with Crippen molar-refractivity contribution in [3.8, 4) is 0 Å². The zero-order valence-corrected chi connectivity index (χ0v) is 10.4. The van der Waals surface area contributed by atoms with Gasteiger partial charge in [0.05, 0.1) is 0 Å². The standard InChI is InChI=1S/C12H23N3O/c1-10(2)6-14-11(16)15-8-12(9-15)4-3-5-13-7-12/h10,13H,3-9H2,1-2H3,(H,14,16). The number of likely N-dealkylation sites (tertiary alicyclic amines) is 1. The minimum Gasteiger partial charge on any atom is -0.338 e. The van der Waals surface area contributed by atoms with Gasteiger partial charge in [0.25, 0.3) is 0 Å². The average molecular weight is 225 g/mol. The van der Waals surface area contributed by atoms with E-state index in [-0.39, 0.29) is 6.03 Å². The van der Waals surface area contributed by atoms with E-state index in [9.17, 15) is 4.79 Å². The Kier molecular flexibility index (Phi) is 3.38. The number of carbonyl (C=O) groups is 1. The van der Waals surface area contributed by atoms with Crippen molar-refractivity contribution in [1.29, 1.82) is 0 Å². The Balaban J connectivity index is 1.72. The van der Waals surface area contributed by atoms with Crippen LogP contribution < -0.4 is 10.6 Å². The van der Waals surface area contributed by atoms with Crippen molar-refractivity contribution in [3.63, 3.8) is 0 Å². The van der Waals surface area contributed by atoms with Crippen LogP contribution in [0.15, 0.2) is 0 Å². The zero-order valence-electron chi connectivity index (χ0n) is 10.4. The molecule has 2 aliphatic heterocycles. The van der Waals surface area contributed by atoms with Crippen LogP contribution in [-0.2, 0) is 0 Å². The second kappa shape index (κ2) is 4.62. The molecule has 2 amide bonds. The van der Waals surface area contributed by atoms with Crippen LogP contribution in [0.3, 0.4) is 0 Å². The smallest absolute Gasteiger partial charge is 0.317 e. The van der Waals surface area contributed by atoms with Gasteiger partial charge in [0.2, 0.25) is 0 Å². The first kappa shape index (κ1) is 11.7. The lowest BCUT2D eigenvalue weighted by Crippen LogP contribution is -2.65. The monoisotopic (exact) mass is 225 g/mol. The maximum atomic E-state index is 11.8. The van der Waals surface area contributed by atoms with E-state index in [1.807, 2.05) is 4.90 Å². The number of nitrogens with one attached hydrogen (secondary N) is 2. The Labute approximate surface area is 97.8 Å². The van der Waals surface area contributed by atoms with Gasteiger partial charge in [-0.2, -0.15) is 0 Å². The summed E-state index contributed by atoms with van der Waals surface area (Å²) in [5.74, 6) is 0.524. The normalized spacial score (nSPS) is 23.3. The molecule has 2 aliphatic rings. The van der Waals surface area contributed by atoms with E-state index in [1.54, 1.807) is 0 Å². The third kappa shape index (κ3) is 2.48. The van der Waals surface area contributed by atoms with Crippen LogP contribution in [0.5, 0.6) is 0 Å². The molecule has 4 heteroatoms. The van der Waals surface area contributed by atoms with E-state index in [4.69, 9.17) is 0 Å². The van der Waals surface area contributed by atoms with Crippen LogP contribution in [0.1, 0.15) is 26.7 Å². The Morgan fingerprint density at radius 1 is 1.50 bits per heavy atom. The van der Waals surface area contributed by atoms with Gasteiger partial charge in [0.15, 0.2) is 0 Å². The van der Waals surface area contributed by atoms with Gasteiger partial charge < -0.3 is 15.5 Å².